The van der Waals surface area contributed by atoms with Gasteiger partial charge in [-0.3, -0.25) is 14.4 Å². The number of nitrogens with two attached hydrogens (primary N) is 1. The van der Waals surface area contributed by atoms with Crippen LogP contribution in [0.25, 0.3) is 0 Å². The minimum Gasteiger partial charge on any atom is -0.480 e. The van der Waals surface area contributed by atoms with Gasteiger partial charge < -0.3 is 29.8 Å². The van der Waals surface area contributed by atoms with Crippen molar-refractivity contribution in [2.75, 3.05) is 0 Å². The van der Waals surface area contributed by atoms with Crippen LogP contribution in [0.2, 0.25) is 0 Å². The number of hydrogen-bond acceptors (Lipinski definition) is 9. The van der Waals surface area contributed by atoms with Crippen LogP contribution in [0, 0.1) is 5.92 Å². The zero-order valence-corrected chi connectivity index (χ0v) is 23.6. The molecule has 10 heteroatoms. The third-order valence-electron chi connectivity index (χ3n) is 5.92. The van der Waals surface area contributed by atoms with Gasteiger partial charge in [0, 0.05) is 24.7 Å². The summed E-state index contributed by atoms with van der Waals surface area (Å²) in [7, 11) is 0. The molecular formula is C28H43NO9. The fourth-order valence-corrected chi connectivity index (χ4v) is 3.70. The van der Waals surface area contributed by atoms with Crippen molar-refractivity contribution in [1.82, 2.24) is 0 Å². The first kappa shape index (κ1) is 32.9. The lowest BCUT2D eigenvalue weighted by Crippen LogP contribution is -2.43. The Morgan fingerprint density at radius 2 is 1.45 bits per heavy atom. The summed E-state index contributed by atoms with van der Waals surface area (Å²) >= 11 is 0. The molecule has 38 heavy (non-hydrogen) atoms. The molecular weight excluding hydrogens is 494 g/mol. The van der Waals surface area contributed by atoms with Gasteiger partial charge >= 0.3 is 24.1 Å². The first-order valence-corrected chi connectivity index (χ1v) is 13.1. The average molecular weight is 538 g/mol. The molecule has 214 valence electrons. The minimum absolute atomic E-state index is 0.0102. The normalized spacial score (nSPS) is 14.5. The van der Waals surface area contributed by atoms with E-state index in [1.807, 2.05) is 13.8 Å². The van der Waals surface area contributed by atoms with E-state index >= 15 is 0 Å². The van der Waals surface area contributed by atoms with Gasteiger partial charge in [-0.1, -0.05) is 39.7 Å². The van der Waals surface area contributed by atoms with Crippen molar-refractivity contribution < 1.29 is 43.2 Å². The fraction of sp³-hybridized carbons (Fsp3) is 0.643. The standard InChI is InChI=1S/C28H43NO9/c1-8-10-12-22(30)36-20-15-14-19(16-21(20)37-23(31)13-11-9-2)24(25(29)26(32)33)17(3)18(4)35-27(34)38-28(5,6)7/h14-18,24-25H,8-13,29H2,1-7H3,(H,32,33)/t17?,18?,24?,25-/m0/s1. The zero-order valence-electron chi connectivity index (χ0n) is 23.6. The van der Waals surface area contributed by atoms with E-state index in [0.717, 1.165) is 12.8 Å². The highest BCUT2D eigenvalue weighted by atomic mass is 16.7. The lowest BCUT2D eigenvalue weighted by molar-refractivity contribution is -0.140. The summed E-state index contributed by atoms with van der Waals surface area (Å²) in [5.41, 5.74) is 5.74. The summed E-state index contributed by atoms with van der Waals surface area (Å²) in [6.07, 6.45) is 1.56. The van der Waals surface area contributed by atoms with E-state index < -0.39 is 53.6 Å². The Balaban J connectivity index is 3.39. The van der Waals surface area contributed by atoms with Gasteiger partial charge in [0.15, 0.2) is 11.5 Å². The molecule has 0 radical (unpaired) electrons. The Kier molecular flexibility index (Phi) is 13.3. The van der Waals surface area contributed by atoms with Gasteiger partial charge in [0.1, 0.15) is 17.7 Å². The number of carbonyl (C=O) groups is 4. The molecule has 0 aromatic heterocycles. The molecule has 0 fully saturated rings. The van der Waals surface area contributed by atoms with E-state index in [9.17, 15) is 24.3 Å². The maximum atomic E-state index is 12.4. The van der Waals surface area contributed by atoms with E-state index in [1.54, 1.807) is 40.7 Å². The summed E-state index contributed by atoms with van der Waals surface area (Å²) in [4.78, 5) is 48.9. The molecule has 3 unspecified atom stereocenters. The largest absolute Gasteiger partial charge is 0.509 e. The van der Waals surface area contributed by atoms with Crippen LogP contribution in [-0.4, -0.2) is 46.9 Å². The summed E-state index contributed by atoms with van der Waals surface area (Å²) in [6, 6.07) is 3.10. The van der Waals surface area contributed by atoms with Crippen LogP contribution in [0.5, 0.6) is 11.5 Å². The first-order chi connectivity index (χ1) is 17.7. The van der Waals surface area contributed by atoms with Crippen LogP contribution in [0.3, 0.4) is 0 Å². The van der Waals surface area contributed by atoms with Crippen molar-refractivity contribution in [2.45, 2.75) is 111 Å². The fourth-order valence-electron chi connectivity index (χ4n) is 3.70. The van der Waals surface area contributed by atoms with Crippen LogP contribution in [0.4, 0.5) is 4.79 Å². The second kappa shape index (κ2) is 15.3. The molecule has 10 nitrogen and oxygen atoms in total. The number of carboxylic acids is 1. The van der Waals surface area contributed by atoms with E-state index in [4.69, 9.17) is 24.7 Å². The molecule has 0 aliphatic heterocycles. The van der Waals surface area contributed by atoms with Crippen molar-refractivity contribution in [3.8, 4) is 11.5 Å². The number of ether oxygens (including phenoxy) is 4. The Bertz CT molecular complexity index is 954. The van der Waals surface area contributed by atoms with Crippen LogP contribution >= 0.6 is 0 Å². The Morgan fingerprint density at radius 1 is 0.921 bits per heavy atom. The first-order valence-electron chi connectivity index (χ1n) is 13.1. The predicted octanol–water partition coefficient (Wildman–Crippen LogP) is 5.35. The molecule has 0 spiro atoms. The van der Waals surface area contributed by atoms with Crippen LogP contribution in [0.1, 0.15) is 98.5 Å². The summed E-state index contributed by atoms with van der Waals surface area (Å²) in [5, 5.41) is 9.73. The predicted molar refractivity (Wildman–Crippen MR) is 141 cm³/mol. The Labute approximate surface area is 225 Å². The van der Waals surface area contributed by atoms with Gasteiger partial charge in [0.05, 0.1) is 0 Å². The van der Waals surface area contributed by atoms with Crippen molar-refractivity contribution >= 4 is 24.1 Å². The maximum absolute atomic E-state index is 12.4. The minimum atomic E-state index is -1.38. The number of esters is 2. The summed E-state index contributed by atoms with van der Waals surface area (Å²) in [5.74, 6) is -3.65. The van der Waals surface area contributed by atoms with Crippen molar-refractivity contribution in [3.63, 3.8) is 0 Å². The number of rotatable bonds is 14. The number of carbonyl (C=O) groups excluding carboxylic acids is 3. The number of aliphatic carboxylic acids is 1. The molecule has 0 saturated heterocycles. The van der Waals surface area contributed by atoms with E-state index in [-0.39, 0.29) is 24.3 Å². The number of benzene rings is 1. The maximum Gasteiger partial charge on any atom is 0.509 e. The molecule has 1 aromatic carbocycles. The Morgan fingerprint density at radius 3 is 1.92 bits per heavy atom. The van der Waals surface area contributed by atoms with Gasteiger partial charge in [0.25, 0.3) is 0 Å². The van der Waals surface area contributed by atoms with E-state index in [1.165, 1.54) is 12.1 Å². The van der Waals surface area contributed by atoms with Crippen molar-refractivity contribution in [1.29, 1.82) is 0 Å². The second-order valence-electron chi connectivity index (χ2n) is 10.4. The summed E-state index contributed by atoms with van der Waals surface area (Å²) < 4.78 is 21.6. The van der Waals surface area contributed by atoms with Gasteiger partial charge in [-0.2, -0.15) is 0 Å². The van der Waals surface area contributed by atoms with Gasteiger partial charge in [-0.15, -0.1) is 0 Å². The van der Waals surface area contributed by atoms with Gasteiger partial charge in [-0.25, -0.2) is 4.79 Å². The van der Waals surface area contributed by atoms with E-state index in [2.05, 4.69) is 0 Å². The third kappa shape index (κ3) is 11.1. The molecule has 0 amide bonds. The van der Waals surface area contributed by atoms with Crippen LogP contribution in [-0.2, 0) is 23.9 Å². The zero-order chi connectivity index (χ0) is 29.0. The third-order valence-corrected chi connectivity index (χ3v) is 5.92. The molecule has 0 heterocycles. The lowest BCUT2D eigenvalue weighted by atomic mass is 9.79. The quantitative estimate of drug-likeness (QED) is 0.235. The highest BCUT2D eigenvalue weighted by molar-refractivity contribution is 5.77. The molecule has 4 atom stereocenters. The molecule has 0 aliphatic rings. The topological polar surface area (TPSA) is 151 Å². The van der Waals surface area contributed by atoms with Crippen molar-refractivity contribution in [3.05, 3.63) is 23.8 Å². The number of unbranched alkanes of at least 4 members (excludes halogenated alkanes) is 2. The molecule has 1 rings (SSSR count). The molecule has 0 saturated carbocycles. The molecule has 0 bridgehead atoms. The molecule has 1 aromatic rings. The molecule has 0 aliphatic carbocycles. The average Bonchev–Trinajstić information content (AvgIpc) is 2.81. The Hall–Kier alpha value is -3.14. The van der Waals surface area contributed by atoms with Crippen LogP contribution < -0.4 is 15.2 Å². The van der Waals surface area contributed by atoms with E-state index in [0.29, 0.717) is 18.4 Å². The summed E-state index contributed by atoms with van der Waals surface area (Å²) in [6.45, 7) is 12.3. The highest BCUT2D eigenvalue weighted by Crippen LogP contribution is 2.37. The SMILES string of the molecule is CCCCC(=O)Oc1ccc(C(C(C)C(C)OC(=O)OC(C)(C)C)[C@H](N)C(=O)O)cc1OC(=O)CCCC. The highest BCUT2D eigenvalue weighted by Gasteiger charge is 2.36. The van der Waals surface area contributed by atoms with Crippen LogP contribution in [0.15, 0.2) is 18.2 Å². The van der Waals surface area contributed by atoms with Crippen molar-refractivity contribution in [2.24, 2.45) is 11.7 Å². The van der Waals surface area contributed by atoms with Gasteiger partial charge in [-0.05, 0) is 58.2 Å². The monoisotopic (exact) mass is 537 g/mol. The second-order valence-corrected chi connectivity index (χ2v) is 10.4. The smallest absolute Gasteiger partial charge is 0.480 e. The number of hydrogen-bond donors (Lipinski definition) is 2. The molecule has 3 N–H and O–H groups in total. The number of carboxylic acid groups (broad SMARTS) is 1. The van der Waals surface area contributed by atoms with Gasteiger partial charge in [0.2, 0.25) is 0 Å². The lowest BCUT2D eigenvalue weighted by Gasteiger charge is -2.32.